The van der Waals surface area contributed by atoms with E-state index in [9.17, 15) is 27.6 Å². The van der Waals surface area contributed by atoms with Gasteiger partial charge in [-0.2, -0.15) is 13.2 Å². The zero-order valence-corrected chi connectivity index (χ0v) is 24.1. The van der Waals surface area contributed by atoms with Gasteiger partial charge in [-0.1, -0.05) is 19.9 Å². The summed E-state index contributed by atoms with van der Waals surface area (Å²) in [6.45, 7) is 10.2. The number of nitrogens with zero attached hydrogens (tertiary/aromatic N) is 2. The number of carbonyl (C=O) groups excluding carboxylic acids is 3. The molecule has 2 aromatic rings. The van der Waals surface area contributed by atoms with Crippen molar-refractivity contribution in [3.05, 3.63) is 58.7 Å². The van der Waals surface area contributed by atoms with E-state index in [1.165, 1.54) is 11.0 Å². The van der Waals surface area contributed by atoms with Crippen molar-refractivity contribution in [3.8, 4) is 0 Å². The molecule has 0 saturated carbocycles. The van der Waals surface area contributed by atoms with Gasteiger partial charge in [0.1, 0.15) is 11.5 Å². The summed E-state index contributed by atoms with van der Waals surface area (Å²) < 4.78 is 46.7. The monoisotopic (exact) mass is 581 g/mol. The highest BCUT2D eigenvalue weighted by Gasteiger charge is 2.33. The van der Waals surface area contributed by atoms with E-state index in [1.807, 2.05) is 13.8 Å². The largest absolute Gasteiger partial charge is 0.444 e. The number of anilines is 2. The number of ether oxygens (including phenoxy) is 1. The number of amides is 3. The van der Waals surface area contributed by atoms with Gasteiger partial charge in [0.05, 0.1) is 5.56 Å². The zero-order chi connectivity index (χ0) is 29.8. The summed E-state index contributed by atoms with van der Waals surface area (Å²) in [6, 6.07) is 8.05. The number of hydrogen-bond acceptors (Lipinski definition) is 4. The molecule has 3 rings (SSSR count). The normalized spacial score (nSPS) is 13.6. The Morgan fingerprint density at radius 1 is 1.07 bits per heavy atom. The highest BCUT2D eigenvalue weighted by Crippen LogP contribution is 2.34. The van der Waals surface area contributed by atoms with Gasteiger partial charge < -0.3 is 19.9 Å². The van der Waals surface area contributed by atoms with Crippen molar-refractivity contribution in [1.29, 1.82) is 0 Å². The molecule has 0 saturated heterocycles. The summed E-state index contributed by atoms with van der Waals surface area (Å²) in [6.07, 6.45) is -4.08. The highest BCUT2D eigenvalue weighted by molar-refractivity contribution is 6.29. The van der Waals surface area contributed by atoms with E-state index < -0.39 is 41.1 Å². The van der Waals surface area contributed by atoms with Crippen LogP contribution in [0.4, 0.5) is 29.3 Å². The molecule has 1 aliphatic heterocycles. The fourth-order valence-electron chi connectivity index (χ4n) is 4.24. The number of hydrogen-bond donors (Lipinski definition) is 1. The van der Waals surface area contributed by atoms with Gasteiger partial charge in [-0.25, -0.2) is 4.79 Å². The van der Waals surface area contributed by atoms with Gasteiger partial charge in [0.25, 0.3) is 5.91 Å². The lowest BCUT2D eigenvalue weighted by Gasteiger charge is -2.31. The fourth-order valence-corrected chi connectivity index (χ4v) is 4.38. The van der Waals surface area contributed by atoms with Gasteiger partial charge in [0.15, 0.2) is 0 Å². The van der Waals surface area contributed by atoms with Crippen LogP contribution in [0.1, 0.15) is 68.1 Å². The Kier molecular flexibility index (Phi) is 9.76. The number of halogens is 4. The number of carbonyl (C=O) groups is 3. The maximum atomic E-state index is 13.8. The van der Waals surface area contributed by atoms with Crippen LogP contribution in [-0.2, 0) is 28.7 Å². The highest BCUT2D eigenvalue weighted by atomic mass is 35.5. The van der Waals surface area contributed by atoms with E-state index in [0.717, 1.165) is 23.3 Å². The molecule has 7 nitrogen and oxygen atoms in total. The molecule has 0 aromatic heterocycles. The van der Waals surface area contributed by atoms with Crippen molar-refractivity contribution in [2.45, 2.75) is 65.8 Å². The van der Waals surface area contributed by atoms with E-state index in [-0.39, 0.29) is 23.7 Å². The van der Waals surface area contributed by atoms with Crippen molar-refractivity contribution >= 4 is 40.9 Å². The molecule has 0 aliphatic carbocycles. The van der Waals surface area contributed by atoms with Crippen LogP contribution in [0, 0.1) is 5.92 Å². The second-order valence-electron chi connectivity index (χ2n) is 11.2. The molecule has 218 valence electrons. The SMILES string of the molecule is CC(C)CCN(C(=O)CCl)c1cc(C(=O)Nc2ccc3c(c2)CCN(C(=O)OC(C)(C)C)C3)cc(C(F)(F)F)c1. The van der Waals surface area contributed by atoms with E-state index in [0.29, 0.717) is 31.6 Å². The fraction of sp³-hybridized carbons (Fsp3) is 0.483. The van der Waals surface area contributed by atoms with Crippen molar-refractivity contribution in [3.63, 3.8) is 0 Å². The summed E-state index contributed by atoms with van der Waals surface area (Å²) in [5, 5.41) is 2.67. The Balaban J connectivity index is 1.85. The Hall–Kier alpha value is -3.27. The second kappa shape index (κ2) is 12.5. The number of benzene rings is 2. The average molecular weight is 582 g/mol. The molecular formula is C29H35ClF3N3O4. The van der Waals surface area contributed by atoms with Crippen LogP contribution in [0.2, 0.25) is 0 Å². The summed E-state index contributed by atoms with van der Waals surface area (Å²) in [7, 11) is 0. The first-order valence-electron chi connectivity index (χ1n) is 13.1. The van der Waals surface area contributed by atoms with Crippen LogP contribution in [0.15, 0.2) is 36.4 Å². The van der Waals surface area contributed by atoms with Crippen LogP contribution in [0.25, 0.3) is 0 Å². The smallest absolute Gasteiger partial charge is 0.416 e. The first-order valence-corrected chi connectivity index (χ1v) is 13.6. The van der Waals surface area contributed by atoms with Gasteiger partial charge in [-0.3, -0.25) is 9.59 Å². The minimum absolute atomic E-state index is 0.0426. The van der Waals surface area contributed by atoms with Gasteiger partial charge in [-0.15, -0.1) is 11.6 Å². The quantitative estimate of drug-likeness (QED) is 0.362. The molecule has 0 unspecified atom stereocenters. The van der Waals surface area contributed by atoms with Crippen LogP contribution in [0.5, 0.6) is 0 Å². The van der Waals surface area contributed by atoms with Gasteiger partial charge in [-0.05, 0) is 81.0 Å². The average Bonchev–Trinajstić information content (AvgIpc) is 2.86. The van der Waals surface area contributed by atoms with Crippen LogP contribution in [-0.4, -0.2) is 47.4 Å². The Morgan fingerprint density at radius 2 is 1.77 bits per heavy atom. The third kappa shape index (κ3) is 8.36. The third-order valence-corrected chi connectivity index (χ3v) is 6.52. The third-order valence-electron chi connectivity index (χ3n) is 6.29. The van der Waals surface area contributed by atoms with Crippen molar-refractivity contribution < 1.29 is 32.3 Å². The maximum Gasteiger partial charge on any atom is 0.416 e. The Labute approximate surface area is 237 Å². The lowest BCUT2D eigenvalue weighted by molar-refractivity contribution is -0.137. The van der Waals surface area contributed by atoms with Crippen molar-refractivity contribution in [2.24, 2.45) is 5.92 Å². The van der Waals surface area contributed by atoms with Gasteiger partial charge in [0.2, 0.25) is 5.91 Å². The number of nitrogens with one attached hydrogen (secondary N) is 1. The van der Waals surface area contributed by atoms with Gasteiger partial charge >= 0.3 is 12.3 Å². The standard InChI is InChI=1S/C29H35ClF3N3O4/c1-18(2)8-11-36(25(37)16-30)24-14-21(12-22(15-24)29(31,32)33)26(38)34-23-7-6-20-17-35(10-9-19(20)13-23)27(39)40-28(3,4)5/h6-7,12-15,18H,8-11,16-17H2,1-5H3,(H,34,38). The van der Waals surface area contributed by atoms with Crippen LogP contribution < -0.4 is 10.2 Å². The summed E-state index contributed by atoms with van der Waals surface area (Å²) in [5.41, 5.74) is 0.264. The lowest BCUT2D eigenvalue weighted by atomic mass is 9.99. The summed E-state index contributed by atoms with van der Waals surface area (Å²) >= 11 is 5.74. The van der Waals surface area contributed by atoms with Crippen LogP contribution in [0.3, 0.4) is 0 Å². The molecule has 40 heavy (non-hydrogen) atoms. The second-order valence-corrected chi connectivity index (χ2v) is 11.5. The number of fused-ring (bicyclic) bond motifs is 1. The predicted octanol–water partition coefficient (Wildman–Crippen LogP) is 6.87. The first kappa shape index (κ1) is 31.3. The number of rotatable bonds is 7. The lowest BCUT2D eigenvalue weighted by Crippen LogP contribution is -2.39. The molecule has 0 atom stereocenters. The van der Waals surface area contributed by atoms with Crippen molar-refractivity contribution in [2.75, 3.05) is 29.2 Å². The maximum absolute atomic E-state index is 13.8. The molecule has 11 heteroatoms. The molecule has 1 aliphatic rings. The molecule has 0 spiro atoms. The molecular weight excluding hydrogens is 547 g/mol. The van der Waals surface area contributed by atoms with E-state index in [4.69, 9.17) is 16.3 Å². The zero-order valence-electron chi connectivity index (χ0n) is 23.3. The molecule has 1 heterocycles. The van der Waals surface area contributed by atoms with Crippen molar-refractivity contribution in [1.82, 2.24) is 4.90 Å². The summed E-state index contributed by atoms with van der Waals surface area (Å²) in [5.74, 6) is -1.51. The Morgan fingerprint density at radius 3 is 2.38 bits per heavy atom. The minimum Gasteiger partial charge on any atom is -0.444 e. The minimum atomic E-state index is -4.73. The molecule has 0 bridgehead atoms. The molecule has 0 fully saturated rings. The van der Waals surface area contributed by atoms with E-state index in [1.54, 1.807) is 43.9 Å². The van der Waals surface area contributed by atoms with E-state index in [2.05, 4.69) is 5.32 Å². The first-order chi connectivity index (χ1) is 18.6. The van der Waals surface area contributed by atoms with Crippen LogP contribution >= 0.6 is 11.6 Å². The Bertz CT molecular complexity index is 1260. The molecule has 2 aromatic carbocycles. The topological polar surface area (TPSA) is 79.0 Å². The molecule has 3 amide bonds. The predicted molar refractivity (Wildman–Crippen MR) is 149 cm³/mol. The molecule has 1 N–H and O–H groups in total. The number of alkyl halides is 4. The van der Waals surface area contributed by atoms with E-state index >= 15 is 0 Å². The van der Waals surface area contributed by atoms with Gasteiger partial charge in [0, 0.05) is 36.6 Å². The molecule has 0 radical (unpaired) electrons. The summed E-state index contributed by atoms with van der Waals surface area (Å²) in [4.78, 5) is 40.9.